The van der Waals surface area contributed by atoms with Crippen molar-refractivity contribution in [3.8, 4) is 17.2 Å². The van der Waals surface area contributed by atoms with Gasteiger partial charge in [-0.3, -0.25) is 4.79 Å². The topological polar surface area (TPSA) is 63.2 Å². The highest BCUT2D eigenvalue weighted by atomic mass is 19.1. The van der Waals surface area contributed by atoms with E-state index in [0.29, 0.717) is 29.0 Å². The Bertz CT molecular complexity index is 959. The summed E-state index contributed by atoms with van der Waals surface area (Å²) < 4.78 is 40.4. The fourth-order valence-corrected chi connectivity index (χ4v) is 2.90. The number of carbonyl (C=O) groups is 1. The van der Waals surface area contributed by atoms with E-state index >= 15 is 0 Å². The first-order valence-corrected chi connectivity index (χ1v) is 9.99. The second kappa shape index (κ2) is 12.6. The van der Waals surface area contributed by atoms with E-state index in [-0.39, 0.29) is 36.5 Å². The average molecular weight is 444 g/mol. The summed E-state index contributed by atoms with van der Waals surface area (Å²) in [6, 6.07) is 7.47. The molecule has 2 aromatic carbocycles. The molecule has 0 fully saturated rings. The first-order chi connectivity index (χ1) is 15.4. The monoisotopic (exact) mass is 444 g/mol. The molecule has 7 heteroatoms. The maximum absolute atomic E-state index is 13.2. The van der Waals surface area contributed by atoms with Crippen molar-refractivity contribution in [2.24, 2.45) is 0 Å². The number of ketones is 1. The molecule has 0 aliphatic carbocycles. The summed E-state index contributed by atoms with van der Waals surface area (Å²) in [4.78, 5) is 13.2. The van der Waals surface area contributed by atoms with Crippen LogP contribution in [-0.4, -0.2) is 40.7 Å². The highest BCUT2D eigenvalue weighted by Crippen LogP contribution is 2.41. The van der Waals surface area contributed by atoms with Gasteiger partial charge in [-0.15, -0.1) is 0 Å². The second-order valence-electron chi connectivity index (χ2n) is 7.10. The van der Waals surface area contributed by atoms with Crippen LogP contribution in [0.2, 0.25) is 0 Å². The predicted molar refractivity (Wildman–Crippen MR) is 121 cm³/mol. The quantitative estimate of drug-likeness (QED) is 0.194. The minimum atomic E-state index is -0.346. The van der Waals surface area contributed by atoms with Crippen molar-refractivity contribution >= 4 is 11.9 Å². The van der Waals surface area contributed by atoms with Crippen molar-refractivity contribution in [3.05, 3.63) is 70.6 Å². The van der Waals surface area contributed by atoms with E-state index in [2.05, 4.69) is 0 Å². The highest BCUT2D eigenvalue weighted by molar-refractivity contribution is 6.11. The van der Waals surface area contributed by atoms with Crippen molar-refractivity contribution in [1.29, 1.82) is 0 Å². The molecule has 6 nitrogen and oxygen atoms in total. The van der Waals surface area contributed by atoms with E-state index in [4.69, 9.17) is 23.7 Å². The molecular weight excluding hydrogens is 415 g/mol. The zero-order valence-electron chi connectivity index (χ0n) is 19.1. The van der Waals surface area contributed by atoms with Gasteiger partial charge < -0.3 is 23.7 Å². The van der Waals surface area contributed by atoms with Gasteiger partial charge in [0.2, 0.25) is 0 Å². The zero-order chi connectivity index (χ0) is 23.5. The standard InChI is InChI=1S/C25H29FO6/c1-17(2)6-12-20-22(31-15-28-3)14-23(30-5)24(25(20)32-16-29-4)21(27)13-9-18-7-10-19(26)11-8-18/h6-11,13-14H,12,15-16H2,1-5H3. The van der Waals surface area contributed by atoms with Gasteiger partial charge in [-0.1, -0.05) is 29.9 Å². The molecule has 0 unspecified atom stereocenters. The Morgan fingerprint density at radius 2 is 1.62 bits per heavy atom. The number of allylic oxidation sites excluding steroid dienone is 3. The van der Waals surface area contributed by atoms with E-state index in [1.165, 1.54) is 39.5 Å². The molecule has 0 N–H and O–H groups in total. The second-order valence-corrected chi connectivity index (χ2v) is 7.10. The molecule has 0 spiro atoms. The van der Waals surface area contributed by atoms with Gasteiger partial charge in [0.1, 0.15) is 28.6 Å². The smallest absolute Gasteiger partial charge is 0.193 e. The van der Waals surface area contributed by atoms with Gasteiger partial charge in [0.25, 0.3) is 0 Å². The molecule has 0 aromatic heterocycles. The lowest BCUT2D eigenvalue weighted by molar-refractivity contribution is 0.0441. The first-order valence-electron chi connectivity index (χ1n) is 9.99. The van der Waals surface area contributed by atoms with Gasteiger partial charge in [0.15, 0.2) is 19.4 Å². The number of halogens is 1. The van der Waals surface area contributed by atoms with Crippen LogP contribution in [-0.2, 0) is 15.9 Å². The van der Waals surface area contributed by atoms with Crippen LogP contribution in [0.4, 0.5) is 4.39 Å². The van der Waals surface area contributed by atoms with Crippen LogP contribution in [0.1, 0.15) is 35.3 Å². The molecule has 0 heterocycles. The Balaban J connectivity index is 2.60. The molecule has 32 heavy (non-hydrogen) atoms. The molecule has 0 amide bonds. The lowest BCUT2D eigenvalue weighted by Crippen LogP contribution is -2.12. The van der Waals surface area contributed by atoms with Gasteiger partial charge >= 0.3 is 0 Å². The van der Waals surface area contributed by atoms with Crippen molar-refractivity contribution < 1.29 is 32.9 Å². The molecule has 0 aliphatic rings. The third-order valence-electron chi connectivity index (χ3n) is 4.44. The Morgan fingerprint density at radius 1 is 0.969 bits per heavy atom. The first kappa shape index (κ1) is 25.1. The molecule has 0 radical (unpaired) electrons. The number of methoxy groups -OCH3 is 3. The fraction of sp³-hybridized carbons (Fsp3) is 0.320. The van der Waals surface area contributed by atoms with Gasteiger partial charge in [-0.25, -0.2) is 4.39 Å². The average Bonchev–Trinajstić information content (AvgIpc) is 2.78. The molecule has 0 atom stereocenters. The van der Waals surface area contributed by atoms with E-state index < -0.39 is 0 Å². The maximum atomic E-state index is 13.2. The number of hydrogen-bond acceptors (Lipinski definition) is 6. The van der Waals surface area contributed by atoms with Crippen molar-refractivity contribution in [3.63, 3.8) is 0 Å². The summed E-state index contributed by atoms with van der Waals surface area (Å²) in [5.41, 5.74) is 2.69. The van der Waals surface area contributed by atoms with Crippen molar-refractivity contribution in [1.82, 2.24) is 0 Å². The van der Waals surface area contributed by atoms with Crippen LogP contribution in [0.25, 0.3) is 6.08 Å². The van der Waals surface area contributed by atoms with Crippen LogP contribution in [0.3, 0.4) is 0 Å². The Morgan fingerprint density at radius 3 is 2.22 bits per heavy atom. The number of benzene rings is 2. The summed E-state index contributed by atoms with van der Waals surface area (Å²) in [6.45, 7) is 3.91. The Hall–Kier alpha value is -3.16. The van der Waals surface area contributed by atoms with Crippen LogP contribution in [0.15, 0.2) is 48.1 Å². The van der Waals surface area contributed by atoms with Crippen LogP contribution in [0, 0.1) is 5.82 Å². The SMILES string of the molecule is COCOc1cc(OC)c(C(=O)C=Cc2ccc(F)cc2)c(OCOC)c1CC=C(C)C. The summed E-state index contributed by atoms with van der Waals surface area (Å²) in [6.07, 6.45) is 5.47. The summed E-state index contributed by atoms with van der Waals surface area (Å²) in [7, 11) is 4.48. The van der Waals surface area contributed by atoms with E-state index in [9.17, 15) is 9.18 Å². The lowest BCUT2D eigenvalue weighted by Gasteiger charge is -2.20. The predicted octanol–water partition coefficient (Wildman–Crippen LogP) is 5.20. The number of carbonyl (C=O) groups excluding carboxylic acids is 1. The lowest BCUT2D eigenvalue weighted by atomic mass is 9.99. The van der Waals surface area contributed by atoms with Gasteiger partial charge in [0.05, 0.1) is 7.11 Å². The van der Waals surface area contributed by atoms with Crippen LogP contribution in [0.5, 0.6) is 17.2 Å². The molecule has 0 saturated heterocycles. The summed E-state index contributed by atoms with van der Waals surface area (Å²) >= 11 is 0. The fourth-order valence-electron chi connectivity index (χ4n) is 2.90. The molecular formula is C25H29FO6. The molecule has 2 rings (SSSR count). The van der Waals surface area contributed by atoms with Gasteiger partial charge in [0, 0.05) is 25.8 Å². The van der Waals surface area contributed by atoms with E-state index in [1.807, 2.05) is 19.9 Å². The minimum absolute atomic E-state index is 0.0203. The number of hydrogen-bond donors (Lipinski definition) is 0. The van der Waals surface area contributed by atoms with Crippen molar-refractivity contribution in [2.45, 2.75) is 20.3 Å². The summed E-state index contributed by atoms with van der Waals surface area (Å²) in [5, 5.41) is 0. The van der Waals surface area contributed by atoms with Gasteiger partial charge in [-0.05, 0) is 44.0 Å². The molecule has 2 aromatic rings. The zero-order valence-corrected chi connectivity index (χ0v) is 19.1. The third-order valence-corrected chi connectivity index (χ3v) is 4.44. The van der Waals surface area contributed by atoms with Crippen LogP contribution >= 0.6 is 0 Å². The molecule has 0 aliphatic heterocycles. The van der Waals surface area contributed by atoms with Gasteiger partial charge in [-0.2, -0.15) is 0 Å². The molecule has 172 valence electrons. The van der Waals surface area contributed by atoms with Crippen molar-refractivity contribution in [2.75, 3.05) is 34.9 Å². The summed E-state index contributed by atoms with van der Waals surface area (Å²) in [5.74, 6) is 0.391. The maximum Gasteiger partial charge on any atom is 0.193 e. The minimum Gasteiger partial charge on any atom is -0.496 e. The molecule has 0 saturated carbocycles. The largest absolute Gasteiger partial charge is 0.496 e. The van der Waals surface area contributed by atoms with E-state index in [0.717, 1.165) is 5.57 Å². The normalized spacial score (nSPS) is 10.8. The van der Waals surface area contributed by atoms with Crippen LogP contribution < -0.4 is 14.2 Å². The Kier molecular flexibility index (Phi) is 9.91. The number of ether oxygens (including phenoxy) is 5. The number of rotatable bonds is 12. The van der Waals surface area contributed by atoms with E-state index in [1.54, 1.807) is 24.3 Å². The highest BCUT2D eigenvalue weighted by Gasteiger charge is 2.25. The molecule has 0 bridgehead atoms. The Labute approximate surface area is 188 Å². The third kappa shape index (κ3) is 6.93.